The van der Waals surface area contributed by atoms with Gasteiger partial charge in [0.1, 0.15) is 0 Å². The van der Waals surface area contributed by atoms with Gasteiger partial charge in [-0.15, -0.1) is 11.3 Å². The summed E-state index contributed by atoms with van der Waals surface area (Å²) in [5.74, 6) is 0. The summed E-state index contributed by atoms with van der Waals surface area (Å²) in [5, 5.41) is 22.2. The van der Waals surface area contributed by atoms with Crippen LogP contribution >= 0.6 is 11.3 Å². The molecule has 1 aromatic carbocycles. The summed E-state index contributed by atoms with van der Waals surface area (Å²) >= 11 is 1.58. The van der Waals surface area contributed by atoms with Gasteiger partial charge in [-0.3, -0.25) is 0 Å². The first-order chi connectivity index (χ1) is 8.51. The Hall–Kier alpha value is -1.70. The molecule has 0 saturated heterocycles. The van der Waals surface area contributed by atoms with E-state index >= 15 is 0 Å². The fourth-order valence-electron chi connectivity index (χ4n) is 1.85. The van der Waals surface area contributed by atoms with Crippen LogP contribution in [-0.4, -0.2) is 10.1 Å². The Labute approximate surface area is 110 Å². The smallest absolute Gasteiger partial charge is 0.0991 e. The van der Waals surface area contributed by atoms with Gasteiger partial charge in [-0.25, -0.2) is 4.98 Å². The summed E-state index contributed by atoms with van der Waals surface area (Å²) in [6.07, 6.45) is 0.475. The second kappa shape index (κ2) is 4.89. The summed E-state index contributed by atoms with van der Waals surface area (Å²) in [7, 11) is 0. The first-order valence-corrected chi connectivity index (χ1v) is 6.53. The molecular weight excluding hydrogens is 244 g/mol. The van der Waals surface area contributed by atoms with E-state index in [1.54, 1.807) is 42.5 Å². The number of hydrogen-bond acceptors (Lipinski definition) is 4. The fourth-order valence-corrected chi connectivity index (χ4v) is 2.46. The normalized spacial score (nSPS) is 13.9. The maximum absolute atomic E-state index is 10.5. The fraction of sp³-hybridized carbons (Fsp3) is 0.286. The van der Waals surface area contributed by atoms with Crippen molar-refractivity contribution in [1.82, 2.24) is 4.98 Å². The number of aryl methyl sites for hydroxylation is 1. The van der Waals surface area contributed by atoms with Crippen molar-refractivity contribution in [2.45, 2.75) is 25.9 Å². The van der Waals surface area contributed by atoms with Gasteiger partial charge in [0.2, 0.25) is 0 Å². The van der Waals surface area contributed by atoms with Gasteiger partial charge in [0, 0.05) is 11.8 Å². The van der Waals surface area contributed by atoms with Crippen LogP contribution in [0.2, 0.25) is 0 Å². The highest BCUT2D eigenvalue weighted by molar-refractivity contribution is 7.09. The molecule has 1 aromatic heterocycles. The molecule has 0 radical (unpaired) electrons. The number of nitriles is 1. The lowest BCUT2D eigenvalue weighted by Crippen LogP contribution is -2.24. The molecule has 0 spiro atoms. The molecule has 1 atom stereocenters. The van der Waals surface area contributed by atoms with E-state index in [4.69, 9.17) is 5.26 Å². The average Bonchev–Trinajstić information content (AvgIpc) is 2.74. The lowest BCUT2D eigenvalue weighted by atomic mass is 9.91. The SMILES string of the molecule is Cc1nc(CC(C)(O)c2ccc(C#N)cc2)cs1. The zero-order valence-corrected chi connectivity index (χ0v) is 11.2. The van der Waals surface area contributed by atoms with E-state index < -0.39 is 5.60 Å². The molecule has 0 bridgehead atoms. The van der Waals surface area contributed by atoms with Crippen LogP contribution in [-0.2, 0) is 12.0 Å². The largest absolute Gasteiger partial charge is 0.385 e. The van der Waals surface area contributed by atoms with E-state index in [0.29, 0.717) is 12.0 Å². The molecule has 0 amide bonds. The monoisotopic (exact) mass is 258 g/mol. The number of nitrogens with zero attached hydrogens (tertiary/aromatic N) is 2. The number of benzene rings is 1. The van der Waals surface area contributed by atoms with Crippen molar-refractivity contribution >= 4 is 11.3 Å². The van der Waals surface area contributed by atoms with Crippen molar-refractivity contribution in [2.75, 3.05) is 0 Å². The van der Waals surface area contributed by atoms with Crippen molar-refractivity contribution in [1.29, 1.82) is 5.26 Å². The lowest BCUT2D eigenvalue weighted by molar-refractivity contribution is 0.0567. The third-order valence-electron chi connectivity index (χ3n) is 2.83. The number of aromatic nitrogens is 1. The van der Waals surface area contributed by atoms with Crippen molar-refractivity contribution < 1.29 is 5.11 Å². The lowest BCUT2D eigenvalue weighted by Gasteiger charge is -2.22. The van der Waals surface area contributed by atoms with Gasteiger partial charge < -0.3 is 5.11 Å². The summed E-state index contributed by atoms with van der Waals surface area (Å²) in [6, 6.07) is 9.08. The van der Waals surface area contributed by atoms with Crippen LogP contribution in [0.5, 0.6) is 0 Å². The summed E-state index contributed by atoms with van der Waals surface area (Å²) < 4.78 is 0. The van der Waals surface area contributed by atoms with Gasteiger partial charge in [0.15, 0.2) is 0 Å². The molecule has 0 aliphatic rings. The number of thiazole rings is 1. The maximum atomic E-state index is 10.5. The zero-order chi connectivity index (χ0) is 13.2. The van der Waals surface area contributed by atoms with Crippen LogP contribution in [0.1, 0.15) is 28.8 Å². The number of hydrogen-bond donors (Lipinski definition) is 1. The van der Waals surface area contributed by atoms with E-state index in [1.165, 1.54) is 0 Å². The molecule has 1 heterocycles. The minimum absolute atomic E-state index is 0.475. The first kappa shape index (κ1) is 12.7. The van der Waals surface area contributed by atoms with Gasteiger partial charge in [0.25, 0.3) is 0 Å². The molecule has 2 rings (SSSR count). The second-order valence-electron chi connectivity index (χ2n) is 4.50. The molecular formula is C14H14N2OS. The Morgan fingerprint density at radius 2 is 2.06 bits per heavy atom. The number of rotatable bonds is 3. The molecule has 0 aliphatic heterocycles. The molecule has 92 valence electrons. The highest BCUT2D eigenvalue weighted by Gasteiger charge is 2.24. The zero-order valence-electron chi connectivity index (χ0n) is 10.3. The predicted molar refractivity (Wildman–Crippen MR) is 71.3 cm³/mol. The first-order valence-electron chi connectivity index (χ1n) is 5.65. The van der Waals surface area contributed by atoms with Gasteiger partial charge in [-0.2, -0.15) is 5.26 Å². The predicted octanol–water partition coefficient (Wildman–Crippen LogP) is 2.77. The van der Waals surface area contributed by atoms with Crippen LogP contribution in [0.3, 0.4) is 0 Å². The van der Waals surface area contributed by atoms with Crippen molar-refractivity contribution in [3.63, 3.8) is 0 Å². The molecule has 0 fully saturated rings. The van der Waals surface area contributed by atoms with Crippen LogP contribution in [0.25, 0.3) is 0 Å². The van der Waals surface area contributed by atoms with Crippen molar-refractivity contribution in [3.8, 4) is 6.07 Å². The van der Waals surface area contributed by atoms with E-state index in [2.05, 4.69) is 11.1 Å². The summed E-state index contributed by atoms with van der Waals surface area (Å²) in [5.41, 5.74) is 1.33. The van der Waals surface area contributed by atoms with E-state index in [1.807, 2.05) is 12.3 Å². The minimum Gasteiger partial charge on any atom is -0.385 e. The third-order valence-corrected chi connectivity index (χ3v) is 3.65. The topological polar surface area (TPSA) is 56.9 Å². The third kappa shape index (κ3) is 2.76. The number of aliphatic hydroxyl groups is 1. The van der Waals surface area contributed by atoms with Crippen LogP contribution in [0.4, 0.5) is 0 Å². The second-order valence-corrected chi connectivity index (χ2v) is 5.56. The molecule has 0 aliphatic carbocycles. The molecule has 3 nitrogen and oxygen atoms in total. The molecule has 2 aromatic rings. The highest BCUT2D eigenvalue weighted by Crippen LogP contribution is 2.26. The van der Waals surface area contributed by atoms with E-state index in [0.717, 1.165) is 16.3 Å². The van der Waals surface area contributed by atoms with E-state index in [9.17, 15) is 5.11 Å². The van der Waals surface area contributed by atoms with Gasteiger partial charge in [-0.1, -0.05) is 12.1 Å². The van der Waals surface area contributed by atoms with Crippen molar-refractivity contribution in [2.24, 2.45) is 0 Å². The maximum Gasteiger partial charge on any atom is 0.0991 e. The van der Waals surface area contributed by atoms with Crippen LogP contribution in [0, 0.1) is 18.3 Å². The average molecular weight is 258 g/mol. The Kier molecular flexibility index (Phi) is 3.46. The Bertz CT molecular complexity index is 579. The highest BCUT2D eigenvalue weighted by atomic mass is 32.1. The summed E-state index contributed by atoms with van der Waals surface area (Å²) in [6.45, 7) is 3.72. The quantitative estimate of drug-likeness (QED) is 0.921. The van der Waals surface area contributed by atoms with Gasteiger partial charge in [0.05, 0.1) is 27.9 Å². The molecule has 1 N–H and O–H groups in total. The van der Waals surface area contributed by atoms with Gasteiger partial charge >= 0.3 is 0 Å². The minimum atomic E-state index is -0.964. The summed E-state index contributed by atoms with van der Waals surface area (Å²) in [4.78, 5) is 4.36. The molecule has 1 unspecified atom stereocenters. The molecule has 4 heteroatoms. The Balaban J connectivity index is 2.21. The Morgan fingerprint density at radius 3 is 2.56 bits per heavy atom. The van der Waals surface area contributed by atoms with Crippen molar-refractivity contribution in [3.05, 3.63) is 51.5 Å². The van der Waals surface area contributed by atoms with Crippen LogP contribution < -0.4 is 0 Å². The van der Waals surface area contributed by atoms with Gasteiger partial charge in [-0.05, 0) is 31.5 Å². The molecule has 18 heavy (non-hydrogen) atoms. The van der Waals surface area contributed by atoms with E-state index in [-0.39, 0.29) is 0 Å². The standard InChI is InChI=1S/C14H14N2OS/c1-10-16-13(9-18-10)7-14(2,17)12-5-3-11(8-15)4-6-12/h3-6,9,17H,7H2,1-2H3. The molecule has 0 saturated carbocycles. The Morgan fingerprint density at radius 1 is 1.39 bits per heavy atom. The van der Waals surface area contributed by atoms with Crippen LogP contribution in [0.15, 0.2) is 29.6 Å².